The van der Waals surface area contributed by atoms with Crippen LogP contribution in [0.2, 0.25) is 19.6 Å². The summed E-state index contributed by atoms with van der Waals surface area (Å²) in [5.74, 6) is 0.392. The van der Waals surface area contributed by atoms with Gasteiger partial charge in [-0.15, -0.1) is 0 Å². The Morgan fingerprint density at radius 3 is 2.47 bits per heavy atom. The first kappa shape index (κ1) is 10.6. The van der Waals surface area contributed by atoms with Gasteiger partial charge in [-0.3, -0.25) is 4.79 Å². The molecule has 0 N–H and O–H groups in total. The van der Waals surface area contributed by atoms with Gasteiger partial charge >= 0.3 is 0 Å². The number of benzene rings is 1. The lowest BCUT2D eigenvalue weighted by Crippen LogP contribution is -2.38. The summed E-state index contributed by atoms with van der Waals surface area (Å²) in [6.45, 7) is 7.09. The third-order valence-corrected chi connectivity index (χ3v) is 5.18. The third-order valence-electron chi connectivity index (χ3n) is 3.13. The van der Waals surface area contributed by atoms with Gasteiger partial charge in [0.15, 0.2) is 0 Å². The molecule has 1 aliphatic carbocycles. The third kappa shape index (κ3) is 2.20. The predicted molar refractivity (Wildman–Crippen MR) is 66.5 cm³/mol. The summed E-state index contributed by atoms with van der Waals surface area (Å²) in [6, 6.07) is 6.73. The van der Waals surface area contributed by atoms with E-state index in [4.69, 9.17) is 0 Å². The van der Waals surface area contributed by atoms with Gasteiger partial charge in [0, 0.05) is 12.8 Å². The van der Waals surface area contributed by atoms with Gasteiger partial charge in [0.2, 0.25) is 0 Å². The molecule has 0 unspecified atom stereocenters. The number of fused-ring (bicyclic) bond motifs is 1. The topological polar surface area (TPSA) is 17.1 Å². The van der Waals surface area contributed by atoms with Crippen LogP contribution in [0.4, 0.5) is 0 Å². The second-order valence-electron chi connectivity index (χ2n) is 5.45. The van der Waals surface area contributed by atoms with Crippen LogP contribution in [0.5, 0.6) is 0 Å². The maximum Gasteiger partial charge on any atom is 0.137 e. The van der Waals surface area contributed by atoms with Gasteiger partial charge < -0.3 is 0 Å². The van der Waals surface area contributed by atoms with E-state index < -0.39 is 8.07 Å². The number of ketones is 1. The van der Waals surface area contributed by atoms with Crippen LogP contribution in [0.15, 0.2) is 18.2 Å². The first-order valence-electron chi connectivity index (χ1n) is 5.61. The van der Waals surface area contributed by atoms with Gasteiger partial charge in [0.1, 0.15) is 5.78 Å². The van der Waals surface area contributed by atoms with Crippen molar-refractivity contribution in [1.82, 2.24) is 0 Å². The zero-order valence-electron chi connectivity index (χ0n) is 9.76. The van der Waals surface area contributed by atoms with Crippen LogP contribution in [-0.4, -0.2) is 13.9 Å². The molecule has 0 amide bonds. The Kier molecular flexibility index (Phi) is 2.55. The van der Waals surface area contributed by atoms with Crippen molar-refractivity contribution in [3.63, 3.8) is 0 Å². The number of Topliss-reactive ketones (excluding diaryl/α,β-unsaturated/α-hetero) is 1. The fraction of sp³-hybridized carbons (Fsp3) is 0.462. The minimum atomic E-state index is -1.19. The van der Waals surface area contributed by atoms with Crippen molar-refractivity contribution in [3.8, 4) is 0 Å². The number of hydrogen-bond acceptors (Lipinski definition) is 1. The highest BCUT2D eigenvalue weighted by Gasteiger charge is 2.20. The van der Waals surface area contributed by atoms with Crippen molar-refractivity contribution in [2.24, 2.45) is 0 Å². The molecule has 0 atom stereocenters. The average molecular weight is 218 g/mol. The quantitative estimate of drug-likeness (QED) is 0.661. The minimum Gasteiger partial charge on any atom is -0.299 e. The van der Waals surface area contributed by atoms with Crippen LogP contribution >= 0.6 is 0 Å². The van der Waals surface area contributed by atoms with Crippen molar-refractivity contribution >= 4 is 19.0 Å². The SMILES string of the molecule is C[Si](C)(C)c1ccc2c(c1)CCC(=O)C2. The Hall–Kier alpha value is -0.893. The normalized spacial score (nSPS) is 16.3. The molecule has 0 fully saturated rings. The van der Waals surface area contributed by atoms with E-state index in [9.17, 15) is 4.79 Å². The van der Waals surface area contributed by atoms with E-state index in [1.807, 2.05) is 0 Å². The first-order chi connectivity index (χ1) is 6.97. The molecule has 0 bridgehead atoms. The van der Waals surface area contributed by atoms with Crippen LogP contribution in [0.3, 0.4) is 0 Å². The molecule has 0 heterocycles. The summed E-state index contributed by atoms with van der Waals surface area (Å²) in [6.07, 6.45) is 2.34. The molecule has 0 aromatic heterocycles. The molecule has 1 aromatic carbocycles. The van der Waals surface area contributed by atoms with E-state index in [2.05, 4.69) is 37.8 Å². The van der Waals surface area contributed by atoms with Gasteiger partial charge in [0.25, 0.3) is 0 Å². The van der Waals surface area contributed by atoms with E-state index >= 15 is 0 Å². The minimum absolute atomic E-state index is 0.392. The lowest BCUT2D eigenvalue weighted by Gasteiger charge is -2.21. The van der Waals surface area contributed by atoms with E-state index in [1.165, 1.54) is 16.3 Å². The summed E-state index contributed by atoms with van der Waals surface area (Å²) < 4.78 is 0. The summed E-state index contributed by atoms with van der Waals surface area (Å²) in [5, 5.41) is 1.51. The monoisotopic (exact) mass is 218 g/mol. The van der Waals surface area contributed by atoms with E-state index in [0.29, 0.717) is 12.2 Å². The Bertz CT molecular complexity index is 401. The second kappa shape index (κ2) is 3.60. The van der Waals surface area contributed by atoms with Gasteiger partial charge in [0.05, 0.1) is 8.07 Å². The van der Waals surface area contributed by atoms with Gasteiger partial charge in [-0.05, 0) is 17.5 Å². The first-order valence-corrected chi connectivity index (χ1v) is 9.11. The average Bonchev–Trinajstić information content (AvgIpc) is 2.15. The van der Waals surface area contributed by atoms with Crippen molar-refractivity contribution in [1.29, 1.82) is 0 Å². The molecule has 1 nitrogen and oxygen atoms in total. The van der Waals surface area contributed by atoms with Crippen LogP contribution in [0, 0.1) is 0 Å². The second-order valence-corrected chi connectivity index (χ2v) is 10.5. The summed E-state index contributed by atoms with van der Waals surface area (Å²) >= 11 is 0. The largest absolute Gasteiger partial charge is 0.299 e. The zero-order chi connectivity index (χ0) is 11.1. The van der Waals surface area contributed by atoms with Gasteiger partial charge in [-0.1, -0.05) is 43.0 Å². The molecule has 2 heteroatoms. The fourth-order valence-corrected chi connectivity index (χ4v) is 3.26. The Labute approximate surface area is 92.5 Å². The van der Waals surface area contributed by atoms with Crippen molar-refractivity contribution in [3.05, 3.63) is 29.3 Å². The number of hydrogen-bond donors (Lipinski definition) is 0. The van der Waals surface area contributed by atoms with Crippen LogP contribution < -0.4 is 5.19 Å². The fourth-order valence-electron chi connectivity index (χ4n) is 2.07. The molecule has 0 saturated carbocycles. The number of aryl methyl sites for hydroxylation is 1. The molecule has 2 rings (SSSR count). The lowest BCUT2D eigenvalue weighted by molar-refractivity contribution is -0.118. The maximum atomic E-state index is 11.3. The Morgan fingerprint density at radius 1 is 1.07 bits per heavy atom. The molecule has 1 aliphatic rings. The maximum absolute atomic E-state index is 11.3. The molecule has 0 saturated heterocycles. The molecule has 0 aliphatic heterocycles. The van der Waals surface area contributed by atoms with Crippen molar-refractivity contribution < 1.29 is 4.79 Å². The Balaban J connectivity index is 2.39. The highest BCUT2D eigenvalue weighted by atomic mass is 28.3. The molecule has 15 heavy (non-hydrogen) atoms. The lowest BCUT2D eigenvalue weighted by atomic mass is 9.91. The standard InChI is InChI=1S/C13H18OSi/c1-15(2,3)13-7-5-10-8-12(14)6-4-11(10)9-13/h5,7,9H,4,6,8H2,1-3H3. The Morgan fingerprint density at radius 2 is 1.80 bits per heavy atom. The number of carbonyl (C=O) groups excluding carboxylic acids is 1. The number of carbonyl (C=O) groups is 1. The van der Waals surface area contributed by atoms with E-state index in [1.54, 1.807) is 0 Å². The number of rotatable bonds is 1. The zero-order valence-corrected chi connectivity index (χ0v) is 10.8. The predicted octanol–water partition coefficient (Wildman–Crippen LogP) is 2.29. The van der Waals surface area contributed by atoms with Gasteiger partial charge in [-0.2, -0.15) is 0 Å². The van der Waals surface area contributed by atoms with Crippen molar-refractivity contribution in [2.75, 3.05) is 0 Å². The molecular formula is C13H18OSi. The highest BCUT2D eigenvalue weighted by Crippen LogP contribution is 2.19. The smallest absolute Gasteiger partial charge is 0.137 e. The van der Waals surface area contributed by atoms with Crippen LogP contribution in [0.1, 0.15) is 17.5 Å². The van der Waals surface area contributed by atoms with Crippen LogP contribution in [0.25, 0.3) is 0 Å². The van der Waals surface area contributed by atoms with E-state index in [0.717, 1.165) is 12.8 Å². The molecule has 0 spiro atoms. The summed E-state index contributed by atoms with van der Waals surface area (Å²) in [5.41, 5.74) is 2.67. The van der Waals surface area contributed by atoms with E-state index in [-0.39, 0.29) is 0 Å². The molecular weight excluding hydrogens is 200 g/mol. The molecule has 1 aromatic rings. The van der Waals surface area contributed by atoms with Gasteiger partial charge in [-0.25, -0.2) is 0 Å². The summed E-state index contributed by atoms with van der Waals surface area (Å²) in [7, 11) is -1.19. The summed E-state index contributed by atoms with van der Waals surface area (Å²) in [4.78, 5) is 11.3. The van der Waals surface area contributed by atoms with Crippen LogP contribution in [-0.2, 0) is 17.6 Å². The molecule has 0 radical (unpaired) electrons. The highest BCUT2D eigenvalue weighted by molar-refractivity contribution is 6.88. The van der Waals surface area contributed by atoms with Crippen molar-refractivity contribution in [2.45, 2.75) is 38.9 Å². The molecule has 80 valence electrons.